The van der Waals surface area contributed by atoms with Crippen LogP contribution in [0.4, 0.5) is 11.4 Å². The van der Waals surface area contributed by atoms with Crippen LogP contribution in [0.3, 0.4) is 0 Å². The van der Waals surface area contributed by atoms with Crippen LogP contribution in [0.15, 0.2) is 41.8 Å². The molecule has 9 heteroatoms. The van der Waals surface area contributed by atoms with Gasteiger partial charge in [0.1, 0.15) is 11.8 Å². The van der Waals surface area contributed by atoms with Gasteiger partial charge in [0.05, 0.1) is 30.6 Å². The molecule has 8 nitrogen and oxygen atoms in total. The fourth-order valence-corrected chi connectivity index (χ4v) is 4.88. The number of hydrogen-bond donors (Lipinski definition) is 1. The third kappa shape index (κ3) is 4.95. The van der Waals surface area contributed by atoms with Crippen LogP contribution in [0, 0.1) is 0 Å². The van der Waals surface area contributed by atoms with Crippen LogP contribution in [-0.4, -0.2) is 43.2 Å². The number of anilines is 2. The molecule has 2 aromatic carbocycles. The second kappa shape index (κ2) is 10.4. The monoisotopic (exact) mass is 495 g/mol. The van der Waals surface area contributed by atoms with Gasteiger partial charge in [0.15, 0.2) is 17.6 Å². The maximum atomic E-state index is 13.2. The maximum Gasteiger partial charge on any atom is 0.268 e. The normalized spacial score (nSPS) is 15.7. The molecule has 0 radical (unpaired) electrons. The summed E-state index contributed by atoms with van der Waals surface area (Å²) in [6.45, 7) is 5.50. The summed E-state index contributed by atoms with van der Waals surface area (Å²) in [5.41, 5.74) is 2.79. The lowest BCUT2D eigenvalue weighted by Crippen LogP contribution is -2.52. The second-order valence-electron chi connectivity index (χ2n) is 8.26. The quantitative estimate of drug-likeness (QED) is 0.477. The maximum absolute atomic E-state index is 13.2. The van der Waals surface area contributed by atoms with Crippen LogP contribution < -0.4 is 24.4 Å². The van der Waals surface area contributed by atoms with E-state index in [2.05, 4.69) is 12.2 Å². The number of carbonyl (C=O) groups is 2. The van der Waals surface area contributed by atoms with Gasteiger partial charge < -0.3 is 19.5 Å². The van der Waals surface area contributed by atoms with Gasteiger partial charge in [-0.3, -0.25) is 14.5 Å². The average molecular weight is 496 g/mol. The number of amides is 2. The number of ether oxygens (including phenoxy) is 3. The van der Waals surface area contributed by atoms with Crippen molar-refractivity contribution in [1.29, 1.82) is 0 Å². The molecule has 4 rings (SSSR count). The zero-order chi connectivity index (χ0) is 25.1. The number of hydrogen-bond acceptors (Lipinski definition) is 7. The highest BCUT2D eigenvalue weighted by atomic mass is 32.1. The van der Waals surface area contributed by atoms with Gasteiger partial charge in [-0.05, 0) is 57.0 Å². The van der Waals surface area contributed by atoms with Crippen LogP contribution in [0.5, 0.6) is 17.2 Å². The first-order valence-electron chi connectivity index (χ1n) is 11.5. The van der Waals surface area contributed by atoms with Crippen molar-refractivity contribution >= 4 is 34.5 Å². The van der Waals surface area contributed by atoms with Crippen molar-refractivity contribution < 1.29 is 23.8 Å². The minimum absolute atomic E-state index is 0.283. The Morgan fingerprint density at radius 2 is 1.97 bits per heavy atom. The number of fused-ring (bicyclic) bond motifs is 1. The molecule has 2 heterocycles. The largest absolute Gasteiger partial charge is 0.493 e. The predicted octanol–water partition coefficient (Wildman–Crippen LogP) is 4.92. The Balaban J connectivity index is 1.63. The number of methoxy groups -OCH3 is 2. The molecule has 0 fully saturated rings. The van der Waals surface area contributed by atoms with E-state index < -0.39 is 12.1 Å². The molecule has 184 valence electrons. The highest BCUT2D eigenvalue weighted by molar-refractivity contribution is 7.09. The lowest BCUT2D eigenvalue weighted by atomic mass is 10.1. The van der Waals surface area contributed by atoms with Gasteiger partial charge in [-0.25, -0.2) is 4.98 Å². The summed E-state index contributed by atoms with van der Waals surface area (Å²) in [7, 11) is 3.08. The Bertz CT molecular complexity index is 1240. The Morgan fingerprint density at radius 3 is 2.69 bits per heavy atom. The molecular weight excluding hydrogens is 466 g/mol. The Morgan fingerprint density at radius 1 is 1.20 bits per heavy atom. The first kappa shape index (κ1) is 24.5. The van der Waals surface area contributed by atoms with Crippen LogP contribution in [0.1, 0.15) is 32.2 Å². The minimum atomic E-state index is -0.790. The number of carbonyl (C=O) groups excluding carboxylic acids is 2. The van der Waals surface area contributed by atoms with Gasteiger partial charge in [0.25, 0.3) is 5.91 Å². The topological polar surface area (TPSA) is 90.0 Å². The number of benzene rings is 2. The van der Waals surface area contributed by atoms with E-state index in [9.17, 15) is 9.59 Å². The summed E-state index contributed by atoms with van der Waals surface area (Å²) in [5.74, 6) is 0.983. The van der Waals surface area contributed by atoms with Gasteiger partial charge in [-0.15, -0.1) is 11.3 Å². The molecule has 2 amide bonds. The minimum Gasteiger partial charge on any atom is -0.493 e. The molecule has 1 aliphatic heterocycles. The molecule has 0 aliphatic carbocycles. The molecule has 0 saturated heterocycles. The Hall–Kier alpha value is -3.59. The van der Waals surface area contributed by atoms with Crippen LogP contribution >= 0.6 is 11.3 Å². The van der Waals surface area contributed by atoms with Crippen LogP contribution in [-0.2, 0) is 16.0 Å². The van der Waals surface area contributed by atoms with Crippen LogP contribution in [0.25, 0.3) is 11.3 Å². The zero-order valence-corrected chi connectivity index (χ0v) is 21.3. The number of nitrogens with one attached hydrogen (secondary N) is 1. The van der Waals surface area contributed by atoms with Crippen molar-refractivity contribution in [1.82, 2.24) is 4.98 Å². The molecule has 0 bridgehead atoms. The number of thiazole rings is 1. The molecule has 1 N–H and O–H groups in total. The number of aryl methyl sites for hydroxylation is 1. The van der Waals surface area contributed by atoms with Crippen molar-refractivity contribution in [3.63, 3.8) is 0 Å². The van der Waals surface area contributed by atoms with E-state index in [1.807, 2.05) is 23.6 Å². The summed E-state index contributed by atoms with van der Waals surface area (Å²) in [6.07, 6.45) is 1.24. The van der Waals surface area contributed by atoms with E-state index in [-0.39, 0.29) is 11.8 Å². The first-order chi connectivity index (χ1) is 16.9. The standard InChI is InChI=1S/C26H29N3O5S/c1-6-7-24-28-19(14-35-24)17-8-10-21-20(12-17)29(26(31)16(3)34-21)15(2)25(30)27-18-9-11-22(32-4)23(13-18)33-5/h8-16H,6-7H2,1-5H3,(H,27,30). The summed E-state index contributed by atoms with van der Waals surface area (Å²) in [4.78, 5) is 32.6. The first-order valence-corrected chi connectivity index (χ1v) is 12.4. The fraction of sp³-hybridized carbons (Fsp3) is 0.346. The second-order valence-corrected chi connectivity index (χ2v) is 9.20. The fourth-order valence-electron chi connectivity index (χ4n) is 3.97. The molecule has 3 aromatic rings. The highest BCUT2D eigenvalue weighted by Crippen LogP contribution is 2.39. The van der Waals surface area contributed by atoms with Gasteiger partial charge in [0, 0.05) is 22.7 Å². The molecule has 2 atom stereocenters. The van der Waals surface area contributed by atoms with Crippen molar-refractivity contribution in [3.8, 4) is 28.5 Å². The highest BCUT2D eigenvalue weighted by Gasteiger charge is 2.37. The third-order valence-corrected chi connectivity index (χ3v) is 6.75. The lowest BCUT2D eigenvalue weighted by Gasteiger charge is -2.36. The van der Waals surface area contributed by atoms with Crippen molar-refractivity contribution in [2.75, 3.05) is 24.4 Å². The predicted molar refractivity (Wildman–Crippen MR) is 137 cm³/mol. The van der Waals surface area contributed by atoms with Crippen molar-refractivity contribution in [3.05, 3.63) is 46.8 Å². The summed E-state index contributed by atoms with van der Waals surface area (Å²) >= 11 is 1.62. The lowest BCUT2D eigenvalue weighted by molar-refractivity contribution is -0.128. The van der Waals surface area contributed by atoms with E-state index >= 15 is 0 Å². The molecular formula is C26H29N3O5S. The van der Waals surface area contributed by atoms with E-state index in [0.29, 0.717) is 28.6 Å². The average Bonchev–Trinajstić information content (AvgIpc) is 3.33. The summed E-state index contributed by atoms with van der Waals surface area (Å²) in [6, 6.07) is 9.94. The third-order valence-electron chi connectivity index (χ3n) is 5.84. The Kier molecular flexibility index (Phi) is 7.25. The number of rotatable bonds is 8. The van der Waals surface area contributed by atoms with E-state index in [4.69, 9.17) is 19.2 Å². The number of nitrogens with zero attached hydrogens (tertiary/aromatic N) is 2. The Labute approximate surface area is 208 Å². The molecule has 0 spiro atoms. The number of aromatic nitrogens is 1. The summed E-state index contributed by atoms with van der Waals surface area (Å²) < 4.78 is 16.4. The molecule has 1 aromatic heterocycles. The molecule has 35 heavy (non-hydrogen) atoms. The molecule has 0 saturated carbocycles. The van der Waals surface area contributed by atoms with Crippen molar-refractivity contribution in [2.24, 2.45) is 0 Å². The molecule has 2 unspecified atom stereocenters. The van der Waals surface area contributed by atoms with E-state index in [1.165, 1.54) is 12.0 Å². The van der Waals surface area contributed by atoms with Gasteiger partial charge in [-0.2, -0.15) is 0 Å². The smallest absolute Gasteiger partial charge is 0.268 e. The zero-order valence-electron chi connectivity index (χ0n) is 20.5. The van der Waals surface area contributed by atoms with Crippen molar-refractivity contribution in [2.45, 2.75) is 45.8 Å². The van der Waals surface area contributed by atoms with Crippen LogP contribution in [0.2, 0.25) is 0 Å². The van der Waals surface area contributed by atoms with Gasteiger partial charge in [0.2, 0.25) is 5.91 Å². The van der Waals surface area contributed by atoms with E-state index in [0.717, 1.165) is 29.1 Å². The summed E-state index contributed by atoms with van der Waals surface area (Å²) in [5, 5.41) is 5.96. The van der Waals surface area contributed by atoms with Gasteiger partial charge in [-0.1, -0.05) is 6.92 Å². The molecule has 1 aliphatic rings. The SMILES string of the molecule is CCCc1nc(-c2ccc3c(c2)N(C(C)C(=O)Nc2ccc(OC)c(OC)c2)C(=O)C(C)O3)cs1. The van der Waals surface area contributed by atoms with E-state index in [1.54, 1.807) is 50.5 Å². The van der Waals surface area contributed by atoms with Gasteiger partial charge >= 0.3 is 0 Å².